The summed E-state index contributed by atoms with van der Waals surface area (Å²) in [5, 5.41) is 3.51. The van der Waals surface area contributed by atoms with Gasteiger partial charge in [-0.15, -0.1) is 0 Å². The predicted molar refractivity (Wildman–Crippen MR) is 103 cm³/mol. The highest BCUT2D eigenvalue weighted by atomic mass is 16.1. The Morgan fingerprint density at radius 3 is 2.48 bits per heavy atom. The molecule has 0 spiro atoms. The van der Waals surface area contributed by atoms with Crippen molar-refractivity contribution in [2.75, 3.05) is 13.1 Å². The number of carbonyl (C=O) groups excluding carboxylic acids is 1. The summed E-state index contributed by atoms with van der Waals surface area (Å²) in [4.78, 5) is 12.9. The Balaban J connectivity index is 2.14. The summed E-state index contributed by atoms with van der Waals surface area (Å²) < 4.78 is 0. The molecular weight excluding hydrogens is 308 g/mol. The highest BCUT2D eigenvalue weighted by Crippen LogP contribution is 2.47. The lowest BCUT2D eigenvalue weighted by molar-refractivity contribution is -0.126. The number of primary amides is 1. The molecule has 0 saturated carbocycles. The van der Waals surface area contributed by atoms with E-state index >= 15 is 0 Å². The zero-order valence-corrected chi connectivity index (χ0v) is 15.2. The lowest BCUT2D eigenvalue weighted by Gasteiger charge is -2.45. The smallest absolute Gasteiger partial charge is 0.228 e. The molecule has 3 rings (SSSR count). The number of nitrogens with one attached hydrogen (secondary N) is 1. The molecule has 3 atom stereocenters. The van der Waals surface area contributed by atoms with Crippen LogP contribution in [0.5, 0.6) is 0 Å². The summed E-state index contributed by atoms with van der Waals surface area (Å²) in [5.74, 6) is 0.277. The number of carbonyl (C=O) groups is 1. The molecule has 3 unspecified atom stereocenters. The summed E-state index contributed by atoms with van der Waals surface area (Å²) in [6.07, 6.45) is 1.67. The van der Waals surface area contributed by atoms with Gasteiger partial charge in [-0.05, 0) is 48.9 Å². The van der Waals surface area contributed by atoms with Crippen molar-refractivity contribution in [3.8, 4) is 0 Å². The third-order valence-corrected chi connectivity index (χ3v) is 5.97. The first-order valence-electron chi connectivity index (χ1n) is 9.23. The minimum Gasteiger partial charge on any atom is -0.369 e. The van der Waals surface area contributed by atoms with Crippen LogP contribution in [-0.2, 0) is 10.2 Å². The Labute approximate surface area is 150 Å². The zero-order valence-electron chi connectivity index (χ0n) is 15.2. The van der Waals surface area contributed by atoms with E-state index in [0.717, 1.165) is 37.1 Å². The van der Waals surface area contributed by atoms with Gasteiger partial charge in [0, 0.05) is 12.5 Å². The van der Waals surface area contributed by atoms with Gasteiger partial charge in [0.25, 0.3) is 0 Å². The van der Waals surface area contributed by atoms with Crippen molar-refractivity contribution in [3.63, 3.8) is 0 Å². The van der Waals surface area contributed by atoms with Crippen LogP contribution in [0.15, 0.2) is 54.6 Å². The molecule has 2 aromatic rings. The van der Waals surface area contributed by atoms with Crippen LogP contribution in [0.3, 0.4) is 0 Å². The SMILES string of the molecule is CCC(C(N)=O)(c1ccccc1C)C1CCNCC1c1ccccc1. The van der Waals surface area contributed by atoms with Gasteiger partial charge in [0.2, 0.25) is 5.91 Å². The van der Waals surface area contributed by atoms with Crippen molar-refractivity contribution >= 4 is 5.91 Å². The van der Waals surface area contributed by atoms with Gasteiger partial charge < -0.3 is 11.1 Å². The van der Waals surface area contributed by atoms with E-state index in [-0.39, 0.29) is 17.7 Å². The van der Waals surface area contributed by atoms with Gasteiger partial charge in [-0.25, -0.2) is 0 Å². The van der Waals surface area contributed by atoms with Crippen molar-refractivity contribution < 1.29 is 4.79 Å². The van der Waals surface area contributed by atoms with E-state index in [4.69, 9.17) is 5.73 Å². The lowest BCUT2D eigenvalue weighted by atomic mass is 9.59. The average Bonchev–Trinajstić information content (AvgIpc) is 2.65. The second kappa shape index (κ2) is 7.40. The third kappa shape index (κ3) is 3.09. The Kier molecular flexibility index (Phi) is 5.24. The first kappa shape index (κ1) is 17.7. The fraction of sp³-hybridized carbons (Fsp3) is 0.409. The van der Waals surface area contributed by atoms with Gasteiger partial charge in [0.1, 0.15) is 0 Å². The van der Waals surface area contributed by atoms with Crippen molar-refractivity contribution in [2.45, 2.75) is 38.0 Å². The van der Waals surface area contributed by atoms with Crippen LogP contribution >= 0.6 is 0 Å². The minimum atomic E-state index is -0.631. The second-order valence-electron chi connectivity index (χ2n) is 7.12. The van der Waals surface area contributed by atoms with Crippen molar-refractivity contribution in [3.05, 3.63) is 71.3 Å². The molecule has 25 heavy (non-hydrogen) atoms. The van der Waals surface area contributed by atoms with E-state index in [2.05, 4.69) is 55.6 Å². The largest absolute Gasteiger partial charge is 0.369 e. The standard InChI is InChI=1S/C22H28N2O/c1-3-22(21(23)25,19-12-8-7-9-16(19)2)20-13-14-24-15-18(20)17-10-5-4-6-11-17/h4-12,18,20,24H,3,13-15H2,1-2H3,(H2,23,25). The molecule has 2 aromatic carbocycles. The first-order chi connectivity index (χ1) is 12.1. The second-order valence-corrected chi connectivity index (χ2v) is 7.12. The quantitative estimate of drug-likeness (QED) is 0.878. The van der Waals surface area contributed by atoms with Gasteiger partial charge in [0.05, 0.1) is 5.41 Å². The van der Waals surface area contributed by atoms with Crippen LogP contribution in [0.4, 0.5) is 0 Å². The molecule has 3 N–H and O–H groups in total. The lowest BCUT2D eigenvalue weighted by Crippen LogP contribution is -2.53. The molecule has 1 amide bonds. The molecule has 0 aromatic heterocycles. The van der Waals surface area contributed by atoms with E-state index in [1.807, 2.05) is 18.2 Å². The van der Waals surface area contributed by atoms with Crippen LogP contribution in [0.25, 0.3) is 0 Å². The normalized spacial score (nSPS) is 23.0. The van der Waals surface area contributed by atoms with Crippen LogP contribution in [0.1, 0.15) is 42.4 Å². The van der Waals surface area contributed by atoms with Gasteiger partial charge in [-0.1, -0.05) is 61.5 Å². The van der Waals surface area contributed by atoms with Gasteiger partial charge >= 0.3 is 0 Å². The first-order valence-corrected chi connectivity index (χ1v) is 9.23. The van der Waals surface area contributed by atoms with Crippen LogP contribution in [-0.4, -0.2) is 19.0 Å². The maximum absolute atomic E-state index is 12.9. The predicted octanol–water partition coefficient (Wildman–Crippen LogP) is 3.52. The van der Waals surface area contributed by atoms with Crippen molar-refractivity contribution in [1.82, 2.24) is 5.32 Å². The topological polar surface area (TPSA) is 55.1 Å². The van der Waals surface area contributed by atoms with E-state index in [1.54, 1.807) is 0 Å². The molecule has 132 valence electrons. The molecule has 0 aliphatic carbocycles. The molecule has 1 saturated heterocycles. The van der Waals surface area contributed by atoms with Crippen LogP contribution in [0, 0.1) is 12.8 Å². The number of hydrogen-bond acceptors (Lipinski definition) is 2. The fourth-order valence-electron chi connectivity index (χ4n) is 4.71. The summed E-state index contributed by atoms with van der Waals surface area (Å²) in [7, 11) is 0. The number of benzene rings is 2. The third-order valence-electron chi connectivity index (χ3n) is 5.97. The Morgan fingerprint density at radius 2 is 1.84 bits per heavy atom. The molecule has 3 heteroatoms. The van der Waals surface area contributed by atoms with E-state index in [1.165, 1.54) is 5.56 Å². The number of piperidine rings is 1. The molecule has 1 fully saturated rings. The Bertz CT molecular complexity index is 728. The van der Waals surface area contributed by atoms with Gasteiger partial charge in [-0.3, -0.25) is 4.79 Å². The monoisotopic (exact) mass is 336 g/mol. The summed E-state index contributed by atoms with van der Waals surface area (Å²) in [5.41, 5.74) is 8.99. The summed E-state index contributed by atoms with van der Waals surface area (Å²) in [6.45, 7) is 5.99. The average molecular weight is 336 g/mol. The van der Waals surface area contributed by atoms with E-state index in [9.17, 15) is 4.79 Å². The van der Waals surface area contributed by atoms with Gasteiger partial charge in [-0.2, -0.15) is 0 Å². The van der Waals surface area contributed by atoms with Gasteiger partial charge in [0.15, 0.2) is 0 Å². The fourth-order valence-corrected chi connectivity index (χ4v) is 4.71. The molecule has 3 nitrogen and oxygen atoms in total. The minimum absolute atomic E-state index is 0.194. The number of hydrogen-bond donors (Lipinski definition) is 2. The van der Waals surface area contributed by atoms with E-state index in [0.29, 0.717) is 0 Å². The summed E-state index contributed by atoms with van der Waals surface area (Å²) in [6, 6.07) is 18.8. The summed E-state index contributed by atoms with van der Waals surface area (Å²) >= 11 is 0. The number of rotatable bonds is 5. The molecule has 1 heterocycles. The molecule has 1 aliphatic rings. The van der Waals surface area contributed by atoms with E-state index < -0.39 is 5.41 Å². The number of amides is 1. The maximum Gasteiger partial charge on any atom is 0.228 e. The van der Waals surface area contributed by atoms with Crippen LogP contribution < -0.4 is 11.1 Å². The molecule has 0 radical (unpaired) electrons. The Morgan fingerprint density at radius 1 is 1.16 bits per heavy atom. The molecular formula is C22H28N2O. The highest BCUT2D eigenvalue weighted by Gasteiger charge is 2.49. The van der Waals surface area contributed by atoms with Crippen molar-refractivity contribution in [1.29, 1.82) is 0 Å². The molecule has 1 aliphatic heterocycles. The number of aryl methyl sites for hydroxylation is 1. The molecule has 0 bridgehead atoms. The number of nitrogens with two attached hydrogens (primary N) is 1. The zero-order chi connectivity index (χ0) is 17.9. The highest BCUT2D eigenvalue weighted by molar-refractivity contribution is 5.87. The van der Waals surface area contributed by atoms with Crippen molar-refractivity contribution in [2.24, 2.45) is 11.7 Å². The Hall–Kier alpha value is -2.13. The maximum atomic E-state index is 12.9. The van der Waals surface area contributed by atoms with Crippen LogP contribution in [0.2, 0.25) is 0 Å².